The molecule has 0 unspecified atom stereocenters. The molecule has 0 aromatic rings. The van der Waals surface area contributed by atoms with Crippen LogP contribution in [0, 0.1) is 0 Å². The number of likely N-dealkylation sites (N-methyl/N-ethyl adjacent to an activating group) is 1. The Kier molecular flexibility index (Phi) is 4.63. The molecule has 2 rings (SSSR count). The summed E-state index contributed by atoms with van der Waals surface area (Å²) >= 11 is 0. The highest BCUT2D eigenvalue weighted by atomic mass is 16.4. The largest absolute Gasteiger partial charge is 0.481 e. The third kappa shape index (κ3) is 4.70. The van der Waals surface area contributed by atoms with Crippen LogP contribution in [0.1, 0.15) is 32.1 Å². The van der Waals surface area contributed by atoms with Gasteiger partial charge in [-0.05, 0) is 32.7 Å². The molecule has 0 atom stereocenters. The van der Waals surface area contributed by atoms with Crippen LogP contribution in [0.5, 0.6) is 0 Å². The van der Waals surface area contributed by atoms with E-state index >= 15 is 0 Å². The molecule has 2 aliphatic carbocycles. The van der Waals surface area contributed by atoms with Gasteiger partial charge >= 0.3 is 12.0 Å². The van der Waals surface area contributed by atoms with Crippen molar-refractivity contribution in [2.24, 2.45) is 0 Å². The third-order valence-electron chi connectivity index (χ3n) is 3.73. The van der Waals surface area contributed by atoms with E-state index in [4.69, 9.17) is 5.11 Å². The van der Waals surface area contributed by atoms with Gasteiger partial charge in [0.25, 0.3) is 0 Å². The Hall–Kier alpha value is -1.30. The van der Waals surface area contributed by atoms with Crippen LogP contribution in [0.2, 0.25) is 0 Å². The summed E-state index contributed by atoms with van der Waals surface area (Å²) in [5.41, 5.74) is 0. The molecule has 0 saturated heterocycles. The van der Waals surface area contributed by atoms with Gasteiger partial charge in [0.1, 0.15) is 0 Å². The second-order valence-electron chi connectivity index (χ2n) is 5.51. The van der Waals surface area contributed by atoms with Gasteiger partial charge in [-0.25, -0.2) is 4.79 Å². The maximum atomic E-state index is 12.0. The average molecular weight is 269 g/mol. The Bertz CT molecular complexity index is 340. The summed E-state index contributed by atoms with van der Waals surface area (Å²) in [5, 5.41) is 11.6. The first kappa shape index (κ1) is 14.1. The Morgan fingerprint density at radius 1 is 1.16 bits per heavy atom. The van der Waals surface area contributed by atoms with E-state index in [0.29, 0.717) is 19.1 Å². The number of carboxylic acids is 1. The molecule has 0 heterocycles. The van der Waals surface area contributed by atoms with Crippen molar-refractivity contribution in [3.63, 3.8) is 0 Å². The Balaban J connectivity index is 1.67. The van der Waals surface area contributed by atoms with Crippen LogP contribution >= 0.6 is 0 Å². The molecular formula is C13H23N3O3. The lowest BCUT2D eigenvalue weighted by molar-refractivity contribution is -0.137. The summed E-state index contributed by atoms with van der Waals surface area (Å²) in [7, 11) is 2.08. The van der Waals surface area contributed by atoms with Crippen LogP contribution in [-0.2, 0) is 4.79 Å². The molecular weight excluding hydrogens is 246 g/mol. The van der Waals surface area contributed by atoms with Gasteiger partial charge in [0.2, 0.25) is 0 Å². The topological polar surface area (TPSA) is 72.9 Å². The molecule has 19 heavy (non-hydrogen) atoms. The standard InChI is InChI=1S/C13H23N3O3/c1-15(10-2-3-10)9-7-14-13(19)16(11-4-5-11)8-6-12(17)18/h10-11H,2-9H2,1H3,(H,14,19)(H,17,18). The first-order valence-electron chi connectivity index (χ1n) is 7.04. The summed E-state index contributed by atoms with van der Waals surface area (Å²) in [6.07, 6.45) is 4.53. The summed E-state index contributed by atoms with van der Waals surface area (Å²) in [6.45, 7) is 1.79. The van der Waals surface area contributed by atoms with Gasteiger partial charge in [0, 0.05) is 31.7 Å². The second kappa shape index (κ2) is 6.23. The van der Waals surface area contributed by atoms with E-state index < -0.39 is 5.97 Å². The first-order chi connectivity index (χ1) is 9.08. The number of amides is 2. The van der Waals surface area contributed by atoms with Gasteiger partial charge in [0.05, 0.1) is 6.42 Å². The molecule has 2 amide bonds. The van der Waals surface area contributed by atoms with Crippen LogP contribution in [0.25, 0.3) is 0 Å². The molecule has 0 radical (unpaired) electrons. The van der Waals surface area contributed by atoms with E-state index in [1.807, 2.05) is 0 Å². The van der Waals surface area contributed by atoms with Crippen LogP contribution in [0.15, 0.2) is 0 Å². The fourth-order valence-corrected chi connectivity index (χ4v) is 2.19. The van der Waals surface area contributed by atoms with Gasteiger partial charge in [0.15, 0.2) is 0 Å². The van der Waals surface area contributed by atoms with Crippen LogP contribution in [0.3, 0.4) is 0 Å². The normalized spacial score (nSPS) is 18.4. The Morgan fingerprint density at radius 3 is 2.32 bits per heavy atom. The SMILES string of the molecule is CN(CCNC(=O)N(CCC(=O)O)C1CC1)C1CC1. The lowest BCUT2D eigenvalue weighted by Crippen LogP contribution is -2.44. The highest BCUT2D eigenvalue weighted by Crippen LogP contribution is 2.27. The maximum Gasteiger partial charge on any atom is 0.317 e. The van der Waals surface area contributed by atoms with E-state index in [1.165, 1.54) is 12.8 Å². The van der Waals surface area contributed by atoms with Crippen LogP contribution in [-0.4, -0.2) is 65.7 Å². The first-order valence-corrected chi connectivity index (χ1v) is 7.04. The predicted octanol–water partition coefficient (Wildman–Crippen LogP) is 0.729. The van der Waals surface area contributed by atoms with E-state index in [2.05, 4.69) is 17.3 Å². The molecule has 2 N–H and O–H groups in total. The van der Waals surface area contributed by atoms with E-state index in [1.54, 1.807) is 4.90 Å². The number of nitrogens with zero attached hydrogens (tertiary/aromatic N) is 2. The fourth-order valence-electron chi connectivity index (χ4n) is 2.19. The summed E-state index contributed by atoms with van der Waals surface area (Å²) in [5.74, 6) is -0.855. The molecule has 0 aromatic heterocycles. The van der Waals surface area contributed by atoms with Crippen LogP contribution in [0.4, 0.5) is 4.79 Å². The van der Waals surface area contributed by atoms with Crippen molar-refractivity contribution < 1.29 is 14.7 Å². The van der Waals surface area contributed by atoms with Crippen molar-refractivity contribution in [1.82, 2.24) is 15.1 Å². The number of hydrogen-bond donors (Lipinski definition) is 2. The van der Waals surface area contributed by atoms with E-state index in [-0.39, 0.29) is 18.5 Å². The Morgan fingerprint density at radius 2 is 1.79 bits per heavy atom. The molecule has 0 aliphatic heterocycles. The monoisotopic (exact) mass is 269 g/mol. The predicted molar refractivity (Wildman–Crippen MR) is 71.0 cm³/mol. The number of rotatable bonds is 8. The van der Waals surface area contributed by atoms with Crippen molar-refractivity contribution in [3.05, 3.63) is 0 Å². The molecule has 0 spiro atoms. The summed E-state index contributed by atoms with van der Waals surface area (Å²) in [4.78, 5) is 26.5. The molecule has 6 nitrogen and oxygen atoms in total. The Labute approximate surface area is 113 Å². The molecule has 6 heteroatoms. The van der Waals surface area contributed by atoms with Crippen molar-refractivity contribution in [2.45, 2.75) is 44.2 Å². The number of carboxylic acid groups (broad SMARTS) is 1. The van der Waals surface area contributed by atoms with Crippen molar-refractivity contribution in [1.29, 1.82) is 0 Å². The number of carbonyl (C=O) groups excluding carboxylic acids is 1. The number of hydrogen-bond acceptors (Lipinski definition) is 3. The third-order valence-corrected chi connectivity index (χ3v) is 3.73. The average Bonchev–Trinajstić information content (AvgIpc) is 3.20. The zero-order valence-electron chi connectivity index (χ0n) is 11.5. The zero-order valence-corrected chi connectivity index (χ0v) is 11.5. The maximum absolute atomic E-state index is 12.0. The minimum atomic E-state index is -0.855. The number of aliphatic carboxylic acids is 1. The summed E-state index contributed by atoms with van der Waals surface area (Å²) in [6, 6.07) is 0.830. The zero-order chi connectivity index (χ0) is 13.8. The highest BCUT2D eigenvalue weighted by Gasteiger charge is 2.32. The molecule has 2 aliphatic rings. The quantitative estimate of drug-likeness (QED) is 0.681. The number of urea groups is 1. The number of nitrogens with one attached hydrogen (secondary N) is 1. The fraction of sp³-hybridized carbons (Fsp3) is 0.846. The molecule has 0 bridgehead atoms. The van der Waals surface area contributed by atoms with Crippen molar-refractivity contribution >= 4 is 12.0 Å². The van der Waals surface area contributed by atoms with E-state index in [9.17, 15) is 9.59 Å². The van der Waals surface area contributed by atoms with Gasteiger partial charge in [-0.15, -0.1) is 0 Å². The van der Waals surface area contributed by atoms with Gasteiger partial charge in [-0.1, -0.05) is 0 Å². The lowest BCUT2D eigenvalue weighted by atomic mass is 10.4. The molecule has 2 fully saturated rings. The molecule has 108 valence electrons. The smallest absolute Gasteiger partial charge is 0.317 e. The lowest BCUT2D eigenvalue weighted by Gasteiger charge is -2.23. The van der Waals surface area contributed by atoms with Crippen molar-refractivity contribution in [3.8, 4) is 0 Å². The minimum absolute atomic E-state index is 0.0197. The minimum Gasteiger partial charge on any atom is -0.481 e. The summed E-state index contributed by atoms with van der Waals surface area (Å²) < 4.78 is 0. The van der Waals surface area contributed by atoms with Gasteiger partial charge in [-0.2, -0.15) is 0 Å². The highest BCUT2D eigenvalue weighted by molar-refractivity contribution is 5.76. The van der Waals surface area contributed by atoms with Crippen molar-refractivity contribution in [2.75, 3.05) is 26.7 Å². The van der Waals surface area contributed by atoms with Gasteiger partial charge in [-0.3, -0.25) is 4.79 Å². The van der Waals surface area contributed by atoms with Crippen LogP contribution < -0.4 is 5.32 Å². The second-order valence-corrected chi connectivity index (χ2v) is 5.51. The van der Waals surface area contributed by atoms with Gasteiger partial charge < -0.3 is 20.2 Å². The molecule has 0 aromatic carbocycles. The molecule has 2 saturated carbocycles. The number of carbonyl (C=O) groups is 2. The van der Waals surface area contributed by atoms with E-state index in [0.717, 1.165) is 19.4 Å².